The van der Waals surface area contributed by atoms with Gasteiger partial charge in [0.1, 0.15) is 0 Å². The monoisotopic (exact) mass is 402 g/mol. The zero-order valence-electron chi connectivity index (χ0n) is 14.9. The number of aromatic nitrogens is 1. The molecule has 3 aromatic rings. The summed E-state index contributed by atoms with van der Waals surface area (Å²) in [4.78, 5) is 12.8. The van der Waals surface area contributed by atoms with Gasteiger partial charge in [0.2, 0.25) is 0 Å². The number of amides is 1. The van der Waals surface area contributed by atoms with Gasteiger partial charge in [-0.15, -0.1) is 0 Å². The minimum Gasteiger partial charge on any atom is -0.322 e. The van der Waals surface area contributed by atoms with Crippen LogP contribution in [0.5, 0.6) is 0 Å². The molecule has 0 aliphatic rings. The highest BCUT2D eigenvalue weighted by Gasteiger charge is 2.19. The molecule has 5 nitrogen and oxygen atoms in total. The molecule has 0 spiro atoms. The maximum absolute atomic E-state index is 12.6. The highest BCUT2D eigenvalue weighted by atomic mass is 35.5. The number of nitrogens with one attached hydrogen (secondary N) is 1. The number of anilines is 1. The Morgan fingerprint density at radius 3 is 2.26 bits per heavy atom. The molecule has 0 fully saturated rings. The van der Waals surface area contributed by atoms with E-state index in [0.29, 0.717) is 16.3 Å². The fraction of sp³-hybridized carbons (Fsp3) is 0.150. The number of halogens is 1. The lowest BCUT2D eigenvalue weighted by atomic mass is 10.2. The van der Waals surface area contributed by atoms with Crippen LogP contribution < -0.4 is 5.32 Å². The molecule has 27 heavy (non-hydrogen) atoms. The van der Waals surface area contributed by atoms with Gasteiger partial charge in [0, 0.05) is 23.0 Å². The van der Waals surface area contributed by atoms with E-state index in [4.69, 9.17) is 11.6 Å². The smallest absolute Gasteiger partial charge is 0.255 e. The molecule has 0 bridgehead atoms. The number of rotatable bonds is 5. The normalized spacial score (nSPS) is 11.6. The largest absolute Gasteiger partial charge is 0.322 e. The minimum atomic E-state index is -3.37. The number of benzene rings is 2. The van der Waals surface area contributed by atoms with E-state index in [0.717, 1.165) is 5.69 Å². The van der Waals surface area contributed by atoms with Crippen molar-refractivity contribution in [3.05, 3.63) is 77.6 Å². The Labute approximate surface area is 163 Å². The van der Waals surface area contributed by atoms with E-state index in [1.807, 2.05) is 29.1 Å². The molecule has 7 heteroatoms. The first-order valence-corrected chi connectivity index (χ1v) is 10.3. The molecule has 140 valence electrons. The predicted molar refractivity (Wildman–Crippen MR) is 107 cm³/mol. The van der Waals surface area contributed by atoms with Crippen LogP contribution in [0.1, 0.15) is 24.2 Å². The van der Waals surface area contributed by atoms with Crippen LogP contribution in [0.15, 0.2) is 71.9 Å². The summed E-state index contributed by atoms with van der Waals surface area (Å²) in [7, 11) is -3.37. The Hall–Kier alpha value is -2.57. The van der Waals surface area contributed by atoms with Gasteiger partial charge in [-0.25, -0.2) is 8.42 Å². The second kappa shape index (κ2) is 7.58. The van der Waals surface area contributed by atoms with Crippen LogP contribution in [0.2, 0.25) is 5.02 Å². The van der Waals surface area contributed by atoms with Crippen LogP contribution in [0, 0.1) is 0 Å². The Morgan fingerprint density at radius 1 is 1.04 bits per heavy atom. The topological polar surface area (TPSA) is 68.2 Å². The Balaban J connectivity index is 1.87. The van der Waals surface area contributed by atoms with E-state index in [9.17, 15) is 13.2 Å². The van der Waals surface area contributed by atoms with Crippen molar-refractivity contribution in [2.24, 2.45) is 0 Å². The molecule has 1 N–H and O–H groups in total. The summed E-state index contributed by atoms with van der Waals surface area (Å²) < 4.78 is 26.2. The SMILES string of the molecule is CC(C)S(=O)(=O)c1ccc(C(=O)Nc2ccc(Cl)cc2-n2cccc2)cc1. The van der Waals surface area contributed by atoms with Gasteiger partial charge in [-0.05, 0) is 68.4 Å². The zero-order chi connectivity index (χ0) is 19.6. The summed E-state index contributed by atoms with van der Waals surface area (Å²) in [5.41, 5.74) is 1.70. The quantitative estimate of drug-likeness (QED) is 0.679. The number of nitrogens with zero attached hydrogens (tertiary/aromatic N) is 1. The molecule has 0 aliphatic carbocycles. The average molecular weight is 403 g/mol. The second-order valence-electron chi connectivity index (χ2n) is 6.32. The maximum atomic E-state index is 12.6. The first kappa shape index (κ1) is 19.2. The van der Waals surface area contributed by atoms with Crippen LogP contribution in [0.3, 0.4) is 0 Å². The zero-order valence-corrected chi connectivity index (χ0v) is 16.5. The third-order valence-electron chi connectivity index (χ3n) is 4.16. The molecule has 0 unspecified atom stereocenters. The highest BCUT2D eigenvalue weighted by molar-refractivity contribution is 7.92. The molecule has 3 rings (SSSR count). The number of hydrogen-bond acceptors (Lipinski definition) is 3. The average Bonchev–Trinajstić information content (AvgIpc) is 3.17. The van der Waals surface area contributed by atoms with Gasteiger partial charge >= 0.3 is 0 Å². The van der Waals surface area contributed by atoms with E-state index in [-0.39, 0.29) is 10.8 Å². The summed E-state index contributed by atoms with van der Waals surface area (Å²) in [6.45, 7) is 3.25. The van der Waals surface area contributed by atoms with Crippen molar-refractivity contribution < 1.29 is 13.2 Å². The van der Waals surface area contributed by atoms with E-state index in [1.165, 1.54) is 24.3 Å². The lowest BCUT2D eigenvalue weighted by Gasteiger charge is -2.13. The summed E-state index contributed by atoms with van der Waals surface area (Å²) in [6.07, 6.45) is 3.71. The molecule has 0 radical (unpaired) electrons. The van der Waals surface area contributed by atoms with Crippen LogP contribution in [-0.2, 0) is 9.84 Å². The molecule has 1 amide bonds. The van der Waals surface area contributed by atoms with E-state index in [1.54, 1.807) is 32.0 Å². The van der Waals surface area contributed by atoms with Gasteiger partial charge in [0.25, 0.3) is 5.91 Å². The van der Waals surface area contributed by atoms with Crippen LogP contribution >= 0.6 is 11.6 Å². The van der Waals surface area contributed by atoms with Crippen LogP contribution in [-0.4, -0.2) is 24.1 Å². The van der Waals surface area contributed by atoms with Crippen molar-refractivity contribution in [1.82, 2.24) is 4.57 Å². The molecule has 0 saturated heterocycles. The number of carbonyl (C=O) groups excluding carboxylic acids is 1. The number of hydrogen-bond donors (Lipinski definition) is 1. The standard InChI is InChI=1S/C20H19ClN2O3S/c1-14(2)27(25,26)17-8-5-15(6-9-17)20(24)22-18-10-7-16(21)13-19(18)23-11-3-4-12-23/h3-14H,1-2H3,(H,22,24). The fourth-order valence-corrected chi connectivity index (χ4v) is 3.81. The minimum absolute atomic E-state index is 0.202. The fourth-order valence-electron chi connectivity index (χ4n) is 2.58. The lowest BCUT2D eigenvalue weighted by molar-refractivity contribution is 0.102. The van der Waals surface area contributed by atoms with Crippen molar-refractivity contribution in [1.29, 1.82) is 0 Å². The Bertz CT molecular complexity index is 1060. The van der Waals surface area contributed by atoms with Crippen molar-refractivity contribution >= 4 is 33.0 Å². The third-order valence-corrected chi connectivity index (χ3v) is 6.56. The van der Waals surface area contributed by atoms with Gasteiger partial charge in [-0.1, -0.05) is 11.6 Å². The molecular weight excluding hydrogens is 384 g/mol. The Morgan fingerprint density at radius 2 is 1.67 bits per heavy atom. The number of carbonyl (C=O) groups is 1. The van der Waals surface area contributed by atoms with E-state index < -0.39 is 15.1 Å². The summed E-state index contributed by atoms with van der Waals surface area (Å²) >= 11 is 6.09. The van der Waals surface area contributed by atoms with Gasteiger partial charge in [-0.3, -0.25) is 4.79 Å². The van der Waals surface area contributed by atoms with Crippen molar-refractivity contribution in [3.8, 4) is 5.69 Å². The van der Waals surface area contributed by atoms with E-state index in [2.05, 4.69) is 5.32 Å². The molecule has 0 atom stereocenters. The molecule has 1 aromatic heterocycles. The first-order chi connectivity index (χ1) is 12.8. The summed E-state index contributed by atoms with van der Waals surface area (Å²) in [5, 5.41) is 2.89. The maximum Gasteiger partial charge on any atom is 0.255 e. The molecule has 0 saturated carbocycles. The van der Waals surface area contributed by atoms with Crippen molar-refractivity contribution in [3.63, 3.8) is 0 Å². The predicted octanol–water partition coefficient (Wildman–Crippen LogP) is 4.57. The summed E-state index contributed by atoms with van der Waals surface area (Å²) in [5.74, 6) is -0.334. The summed E-state index contributed by atoms with van der Waals surface area (Å²) in [6, 6.07) is 14.9. The lowest BCUT2D eigenvalue weighted by Crippen LogP contribution is -2.16. The number of sulfone groups is 1. The van der Waals surface area contributed by atoms with Gasteiger partial charge in [0.05, 0.1) is 21.5 Å². The van der Waals surface area contributed by atoms with Crippen LogP contribution in [0.4, 0.5) is 5.69 Å². The third kappa shape index (κ3) is 4.07. The first-order valence-electron chi connectivity index (χ1n) is 8.37. The molecule has 0 aliphatic heterocycles. The second-order valence-corrected chi connectivity index (χ2v) is 9.26. The van der Waals surface area contributed by atoms with Gasteiger partial charge < -0.3 is 9.88 Å². The van der Waals surface area contributed by atoms with Crippen molar-refractivity contribution in [2.45, 2.75) is 24.0 Å². The molecule has 2 aromatic carbocycles. The van der Waals surface area contributed by atoms with Gasteiger partial charge in [0.15, 0.2) is 9.84 Å². The van der Waals surface area contributed by atoms with Crippen LogP contribution in [0.25, 0.3) is 5.69 Å². The molecular formula is C20H19ClN2O3S. The van der Waals surface area contributed by atoms with Gasteiger partial charge in [-0.2, -0.15) is 0 Å². The van der Waals surface area contributed by atoms with Crippen molar-refractivity contribution in [2.75, 3.05) is 5.32 Å². The Kier molecular flexibility index (Phi) is 5.39. The molecule has 1 heterocycles. The van der Waals surface area contributed by atoms with E-state index >= 15 is 0 Å². The highest BCUT2D eigenvalue weighted by Crippen LogP contribution is 2.25.